The molecule has 0 heterocycles. The molecular weight excluding hydrogens is 224 g/mol. The Labute approximate surface area is 109 Å². The summed E-state index contributed by atoms with van der Waals surface area (Å²) in [4.78, 5) is 11.5. The topological polar surface area (TPSA) is 41.1 Å². The zero-order valence-electron chi connectivity index (χ0n) is 11.0. The molecule has 0 bridgehead atoms. The number of carbonyl (C=O) groups is 1. The first kappa shape index (κ1) is 14.5. The Morgan fingerprint density at radius 1 is 1.39 bits per heavy atom. The summed E-state index contributed by atoms with van der Waals surface area (Å²) in [6.45, 7) is 6.81. The van der Waals surface area contributed by atoms with Crippen LogP contribution >= 0.6 is 0 Å². The molecule has 1 aromatic carbocycles. The fourth-order valence-electron chi connectivity index (χ4n) is 1.67. The molecule has 1 atom stereocenters. The number of nitrogens with one attached hydrogen (secondary N) is 2. The standard InChI is InChI=1S/C15H22N2O/c1-3-11-17-15(18)13(2)16-12-7-10-14-8-5-4-6-9-14/h3-6,8-9,13,16H,1,7,10-12H2,2H3,(H,17,18). The summed E-state index contributed by atoms with van der Waals surface area (Å²) < 4.78 is 0. The first-order valence-corrected chi connectivity index (χ1v) is 6.40. The molecule has 1 amide bonds. The quantitative estimate of drug-likeness (QED) is 0.543. The van der Waals surface area contributed by atoms with Crippen LogP contribution in [0.2, 0.25) is 0 Å². The van der Waals surface area contributed by atoms with Gasteiger partial charge in [0.15, 0.2) is 0 Å². The molecule has 1 unspecified atom stereocenters. The molecule has 0 saturated carbocycles. The number of hydrogen-bond donors (Lipinski definition) is 2. The number of hydrogen-bond acceptors (Lipinski definition) is 2. The highest BCUT2D eigenvalue weighted by Crippen LogP contribution is 2.01. The van der Waals surface area contributed by atoms with Gasteiger partial charge in [-0.05, 0) is 31.9 Å². The maximum absolute atomic E-state index is 11.5. The van der Waals surface area contributed by atoms with Crippen LogP contribution in [0.3, 0.4) is 0 Å². The van der Waals surface area contributed by atoms with Crippen molar-refractivity contribution in [3.8, 4) is 0 Å². The van der Waals surface area contributed by atoms with Crippen molar-refractivity contribution in [3.05, 3.63) is 48.6 Å². The minimum absolute atomic E-state index is 0.0228. The summed E-state index contributed by atoms with van der Waals surface area (Å²) >= 11 is 0. The van der Waals surface area contributed by atoms with E-state index in [9.17, 15) is 4.79 Å². The molecule has 0 radical (unpaired) electrons. The molecule has 1 rings (SSSR count). The Kier molecular flexibility index (Phi) is 6.81. The number of rotatable bonds is 8. The van der Waals surface area contributed by atoms with Gasteiger partial charge in [0, 0.05) is 6.54 Å². The van der Waals surface area contributed by atoms with Crippen molar-refractivity contribution in [1.82, 2.24) is 10.6 Å². The van der Waals surface area contributed by atoms with Crippen molar-refractivity contribution in [1.29, 1.82) is 0 Å². The van der Waals surface area contributed by atoms with Crippen molar-refractivity contribution < 1.29 is 4.79 Å². The minimum Gasteiger partial charge on any atom is -0.351 e. The van der Waals surface area contributed by atoms with Gasteiger partial charge in [-0.3, -0.25) is 4.79 Å². The Hall–Kier alpha value is -1.61. The van der Waals surface area contributed by atoms with Crippen LogP contribution in [0.15, 0.2) is 43.0 Å². The van der Waals surface area contributed by atoms with Gasteiger partial charge in [0.1, 0.15) is 0 Å². The maximum Gasteiger partial charge on any atom is 0.237 e. The highest BCUT2D eigenvalue weighted by molar-refractivity contribution is 5.81. The second-order valence-corrected chi connectivity index (χ2v) is 4.30. The van der Waals surface area contributed by atoms with Crippen molar-refractivity contribution in [2.45, 2.75) is 25.8 Å². The second kappa shape index (κ2) is 8.48. The van der Waals surface area contributed by atoms with Crippen LogP contribution in [0.25, 0.3) is 0 Å². The van der Waals surface area contributed by atoms with Gasteiger partial charge in [0.2, 0.25) is 5.91 Å². The van der Waals surface area contributed by atoms with Gasteiger partial charge in [-0.25, -0.2) is 0 Å². The summed E-state index contributed by atoms with van der Waals surface area (Å²) in [5.41, 5.74) is 1.34. The highest BCUT2D eigenvalue weighted by atomic mass is 16.2. The van der Waals surface area contributed by atoms with E-state index in [1.54, 1.807) is 6.08 Å². The van der Waals surface area contributed by atoms with E-state index in [1.165, 1.54) is 5.56 Å². The van der Waals surface area contributed by atoms with Crippen molar-refractivity contribution >= 4 is 5.91 Å². The Bertz CT molecular complexity index is 362. The van der Waals surface area contributed by atoms with E-state index in [0.717, 1.165) is 19.4 Å². The Morgan fingerprint density at radius 2 is 2.11 bits per heavy atom. The van der Waals surface area contributed by atoms with Crippen LogP contribution in [-0.4, -0.2) is 25.0 Å². The molecule has 3 nitrogen and oxygen atoms in total. The molecule has 0 aliphatic carbocycles. The van der Waals surface area contributed by atoms with Gasteiger partial charge in [-0.2, -0.15) is 0 Å². The van der Waals surface area contributed by atoms with E-state index < -0.39 is 0 Å². The second-order valence-electron chi connectivity index (χ2n) is 4.30. The Balaban J connectivity index is 2.14. The third-order valence-corrected chi connectivity index (χ3v) is 2.75. The van der Waals surface area contributed by atoms with Gasteiger partial charge in [0.05, 0.1) is 6.04 Å². The van der Waals surface area contributed by atoms with E-state index in [-0.39, 0.29) is 11.9 Å². The summed E-state index contributed by atoms with van der Waals surface area (Å²) in [6.07, 6.45) is 3.75. The summed E-state index contributed by atoms with van der Waals surface area (Å²) in [7, 11) is 0. The van der Waals surface area contributed by atoms with Gasteiger partial charge < -0.3 is 10.6 Å². The smallest absolute Gasteiger partial charge is 0.237 e. The number of aryl methyl sites for hydroxylation is 1. The lowest BCUT2D eigenvalue weighted by atomic mass is 10.1. The molecular formula is C15H22N2O. The van der Waals surface area contributed by atoms with Gasteiger partial charge >= 0.3 is 0 Å². The number of amides is 1. The van der Waals surface area contributed by atoms with Crippen molar-refractivity contribution in [2.75, 3.05) is 13.1 Å². The molecule has 0 aliphatic heterocycles. The van der Waals surface area contributed by atoms with Gasteiger partial charge in [-0.15, -0.1) is 6.58 Å². The van der Waals surface area contributed by atoms with Crippen molar-refractivity contribution in [3.63, 3.8) is 0 Å². The largest absolute Gasteiger partial charge is 0.351 e. The average Bonchev–Trinajstić information content (AvgIpc) is 2.41. The summed E-state index contributed by atoms with van der Waals surface area (Å²) in [5.74, 6) is 0.0228. The van der Waals surface area contributed by atoms with Crippen LogP contribution in [0.5, 0.6) is 0 Å². The highest BCUT2D eigenvalue weighted by Gasteiger charge is 2.09. The molecule has 0 aliphatic rings. The SMILES string of the molecule is C=CCNC(=O)C(C)NCCCc1ccccc1. The molecule has 18 heavy (non-hydrogen) atoms. The lowest BCUT2D eigenvalue weighted by Gasteiger charge is -2.13. The predicted molar refractivity (Wildman–Crippen MR) is 75.4 cm³/mol. The maximum atomic E-state index is 11.5. The van der Waals surface area contributed by atoms with Crippen LogP contribution < -0.4 is 10.6 Å². The van der Waals surface area contributed by atoms with Gasteiger partial charge in [-0.1, -0.05) is 36.4 Å². The molecule has 0 fully saturated rings. The predicted octanol–water partition coefficient (Wildman–Crippen LogP) is 1.90. The molecule has 2 N–H and O–H groups in total. The average molecular weight is 246 g/mol. The lowest BCUT2D eigenvalue weighted by molar-refractivity contribution is -0.122. The normalized spacial score (nSPS) is 11.8. The van der Waals surface area contributed by atoms with Crippen LogP contribution in [0.1, 0.15) is 18.9 Å². The Morgan fingerprint density at radius 3 is 2.78 bits per heavy atom. The monoisotopic (exact) mass is 246 g/mol. The van der Waals surface area contributed by atoms with Crippen LogP contribution in [0, 0.1) is 0 Å². The number of carbonyl (C=O) groups excluding carboxylic acids is 1. The fraction of sp³-hybridized carbons (Fsp3) is 0.400. The first-order valence-electron chi connectivity index (χ1n) is 6.40. The molecule has 0 spiro atoms. The molecule has 0 aromatic heterocycles. The number of benzene rings is 1. The fourth-order valence-corrected chi connectivity index (χ4v) is 1.67. The van der Waals surface area contributed by atoms with Crippen LogP contribution in [-0.2, 0) is 11.2 Å². The molecule has 3 heteroatoms. The van der Waals surface area contributed by atoms with Gasteiger partial charge in [0.25, 0.3) is 0 Å². The third-order valence-electron chi connectivity index (χ3n) is 2.75. The van der Waals surface area contributed by atoms with E-state index in [4.69, 9.17) is 0 Å². The first-order chi connectivity index (χ1) is 8.74. The van der Waals surface area contributed by atoms with Crippen LogP contribution in [0.4, 0.5) is 0 Å². The molecule has 98 valence electrons. The lowest BCUT2D eigenvalue weighted by Crippen LogP contribution is -2.42. The summed E-state index contributed by atoms with van der Waals surface area (Å²) in [6, 6.07) is 10.2. The molecule has 1 aromatic rings. The minimum atomic E-state index is -0.152. The van der Waals surface area contributed by atoms with Crippen molar-refractivity contribution in [2.24, 2.45) is 0 Å². The van der Waals surface area contributed by atoms with E-state index in [2.05, 4.69) is 29.3 Å². The third kappa shape index (κ3) is 5.64. The van der Waals surface area contributed by atoms with E-state index in [0.29, 0.717) is 6.54 Å². The zero-order chi connectivity index (χ0) is 13.2. The zero-order valence-corrected chi connectivity index (χ0v) is 11.0. The molecule has 0 saturated heterocycles. The van der Waals surface area contributed by atoms with E-state index >= 15 is 0 Å². The van der Waals surface area contributed by atoms with E-state index in [1.807, 2.05) is 25.1 Å². The summed E-state index contributed by atoms with van der Waals surface area (Å²) in [5, 5.41) is 5.99.